The van der Waals surface area contributed by atoms with Crippen molar-refractivity contribution < 1.29 is 14.6 Å². The van der Waals surface area contributed by atoms with E-state index in [4.69, 9.17) is 9.84 Å². The lowest BCUT2D eigenvalue weighted by Crippen LogP contribution is -2.28. The number of aromatic nitrogens is 2. The molecule has 2 heterocycles. The number of benzene rings is 1. The molecule has 0 aliphatic carbocycles. The molecule has 3 rings (SSSR count). The van der Waals surface area contributed by atoms with Gasteiger partial charge < -0.3 is 9.84 Å². The first-order chi connectivity index (χ1) is 11.0. The highest BCUT2D eigenvalue weighted by Gasteiger charge is 2.19. The second-order valence-electron chi connectivity index (χ2n) is 5.03. The van der Waals surface area contributed by atoms with Crippen molar-refractivity contribution in [3.63, 3.8) is 0 Å². The van der Waals surface area contributed by atoms with E-state index >= 15 is 0 Å². The van der Waals surface area contributed by atoms with Gasteiger partial charge in [0.25, 0.3) is 5.56 Å². The fraction of sp³-hybridized carbons (Fsp3) is 0.188. The van der Waals surface area contributed by atoms with Crippen LogP contribution in [0.2, 0.25) is 0 Å². The summed E-state index contributed by atoms with van der Waals surface area (Å²) in [5, 5.41) is 11.4. The zero-order valence-electron chi connectivity index (χ0n) is 12.5. The Labute approximate surface area is 135 Å². The van der Waals surface area contributed by atoms with E-state index in [1.165, 1.54) is 24.6 Å². The predicted molar refractivity (Wildman–Crippen MR) is 88.2 cm³/mol. The van der Waals surface area contributed by atoms with Gasteiger partial charge in [0.1, 0.15) is 16.6 Å². The fourth-order valence-electron chi connectivity index (χ4n) is 2.32. The third kappa shape index (κ3) is 2.59. The maximum atomic E-state index is 12.7. The second-order valence-corrected chi connectivity index (χ2v) is 5.89. The number of fused-ring (bicyclic) bond motifs is 1. The number of hydrogen-bond donors (Lipinski definition) is 1. The molecule has 1 N–H and O–H groups in total. The van der Waals surface area contributed by atoms with E-state index in [2.05, 4.69) is 4.98 Å². The van der Waals surface area contributed by atoms with Crippen molar-refractivity contribution in [1.29, 1.82) is 0 Å². The topological polar surface area (TPSA) is 81.4 Å². The van der Waals surface area contributed by atoms with Crippen molar-refractivity contribution in [2.24, 2.45) is 0 Å². The summed E-state index contributed by atoms with van der Waals surface area (Å²) in [7, 11) is 1.59. The van der Waals surface area contributed by atoms with E-state index < -0.39 is 12.0 Å². The van der Waals surface area contributed by atoms with Gasteiger partial charge >= 0.3 is 5.97 Å². The van der Waals surface area contributed by atoms with E-state index in [0.717, 1.165) is 21.4 Å². The number of thiophene rings is 1. The maximum absolute atomic E-state index is 12.7. The van der Waals surface area contributed by atoms with Gasteiger partial charge in [0.05, 0.1) is 18.8 Å². The molecule has 3 aromatic rings. The van der Waals surface area contributed by atoms with Crippen molar-refractivity contribution >= 4 is 27.5 Å². The first-order valence-corrected chi connectivity index (χ1v) is 7.76. The van der Waals surface area contributed by atoms with Crippen molar-refractivity contribution in [1.82, 2.24) is 9.55 Å². The molecule has 0 aliphatic heterocycles. The molecule has 1 atom stereocenters. The molecule has 6 nitrogen and oxygen atoms in total. The Morgan fingerprint density at radius 1 is 1.35 bits per heavy atom. The van der Waals surface area contributed by atoms with Crippen LogP contribution in [0.1, 0.15) is 13.0 Å². The van der Waals surface area contributed by atoms with Gasteiger partial charge in [0.2, 0.25) is 0 Å². The molecule has 0 saturated carbocycles. The van der Waals surface area contributed by atoms with Crippen LogP contribution >= 0.6 is 11.3 Å². The Bertz CT molecular complexity index is 927. The van der Waals surface area contributed by atoms with Gasteiger partial charge in [-0.2, -0.15) is 0 Å². The average Bonchev–Trinajstić information content (AvgIpc) is 2.99. The Kier molecular flexibility index (Phi) is 3.87. The molecule has 0 bridgehead atoms. The molecule has 0 fully saturated rings. The minimum Gasteiger partial charge on any atom is -0.497 e. The molecule has 0 amide bonds. The molecule has 0 saturated heterocycles. The highest BCUT2D eigenvalue weighted by Crippen LogP contribution is 2.31. The summed E-state index contributed by atoms with van der Waals surface area (Å²) in [5.74, 6) is -0.349. The van der Waals surface area contributed by atoms with Crippen molar-refractivity contribution in [3.8, 4) is 16.9 Å². The van der Waals surface area contributed by atoms with Crippen LogP contribution in [0.25, 0.3) is 21.3 Å². The van der Waals surface area contributed by atoms with E-state index in [1.54, 1.807) is 7.11 Å². The number of ether oxygens (including phenoxy) is 1. The molecule has 7 heteroatoms. The summed E-state index contributed by atoms with van der Waals surface area (Å²) in [6, 6.07) is 6.37. The molecule has 0 aliphatic rings. The summed E-state index contributed by atoms with van der Waals surface area (Å²) in [6.45, 7) is 1.46. The van der Waals surface area contributed by atoms with Gasteiger partial charge in [0.15, 0.2) is 0 Å². The monoisotopic (exact) mass is 330 g/mol. The number of methoxy groups -OCH3 is 1. The summed E-state index contributed by atoms with van der Waals surface area (Å²) in [6.07, 6.45) is 1.29. The smallest absolute Gasteiger partial charge is 0.326 e. The lowest BCUT2D eigenvalue weighted by atomic mass is 10.1. The van der Waals surface area contributed by atoms with Crippen molar-refractivity contribution in [3.05, 3.63) is 46.3 Å². The molecule has 0 radical (unpaired) electrons. The molecule has 0 spiro atoms. The minimum atomic E-state index is -1.07. The zero-order chi connectivity index (χ0) is 16.6. The lowest BCUT2D eigenvalue weighted by molar-refractivity contribution is -0.140. The van der Waals surface area contributed by atoms with Crippen LogP contribution in [0.5, 0.6) is 5.75 Å². The van der Waals surface area contributed by atoms with Crippen molar-refractivity contribution in [2.45, 2.75) is 13.0 Å². The molecule has 118 valence electrons. The van der Waals surface area contributed by atoms with Crippen LogP contribution in [0.15, 0.2) is 40.8 Å². The molecule has 2 aromatic heterocycles. The Balaban J connectivity index is 2.20. The number of carboxylic acid groups (broad SMARTS) is 1. The van der Waals surface area contributed by atoms with Gasteiger partial charge in [0, 0.05) is 10.9 Å². The number of hydrogen-bond acceptors (Lipinski definition) is 5. The van der Waals surface area contributed by atoms with Crippen LogP contribution in [0.3, 0.4) is 0 Å². The highest BCUT2D eigenvalue weighted by molar-refractivity contribution is 7.17. The molecular formula is C16H14N2O4S. The molecule has 23 heavy (non-hydrogen) atoms. The van der Waals surface area contributed by atoms with Crippen LogP contribution in [-0.2, 0) is 4.79 Å². The normalized spacial score (nSPS) is 12.3. The van der Waals surface area contributed by atoms with Crippen LogP contribution in [-0.4, -0.2) is 27.7 Å². The Hall–Kier alpha value is -2.67. The largest absolute Gasteiger partial charge is 0.497 e. The Morgan fingerprint density at radius 3 is 2.65 bits per heavy atom. The van der Waals surface area contributed by atoms with Gasteiger partial charge in [-0.1, -0.05) is 12.1 Å². The van der Waals surface area contributed by atoms with Crippen molar-refractivity contribution in [2.75, 3.05) is 7.11 Å². The number of rotatable bonds is 4. The van der Waals surface area contributed by atoms with Crippen LogP contribution in [0, 0.1) is 0 Å². The van der Waals surface area contributed by atoms with E-state index in [9.17, 15) is 9.59 Å². The summed E-state index contributed by atoms with van der Waals surface area (Å²) < 4.78 is 6.28. The SMILES string of the molecule is COc1ccc(-c2csc3ncn(C(C)C(=O)O)c(=O)c23)cc1. The summed E-state index contributed by atoms with van der Waals surface area (Å²) >= 11 is 1.36. The third-order valence-electron chi connectivity index (χ3n) is 3.70. The standard InChI is InChI=1S/C16H14N2O4S/c1-9(16(20)21)18-8-17-14-13(15(18)19)12(7-23-14)10-3-5-11(22-2)6-4-10/h3-9H,1-2H3,(H,20,21). The van der Waals surface area contributed by atoms with Gasteiger partial charge in [-0.15, -0.1) is 11.3 Å². The number of carboxylic acids is 1. The van der Waals surface area contributed by atoms with E-state index in [0.29, 0.717) is 10.2 Å². The number of carbonyl (C=O) groups is 1. The highest BCUT2D eigenvalue weighted by atomic mass is 32.1. The first-order valence-electron chi connectivity index (χ1n) is 6.88. The summed E-state index contributed by atoms with van der Waals surface area (Å²) in [4.78, 5) is 28.7. The third-order valence-corrected chi connectivity index (χ3v) is 4.58. The maximum Gasteiger partial charge on any atom is 0.326 e. The minimum absolute atomic E-state index is 0.350. The summed E-state index contributed by atoms with van der Waals surface area (Å²) in [5.41, 5.74) is 1.26. The lowest BCUT2D eigenvalue weighted by Gasteiger charge is -2.10. The second kappa shape index (κ2) is 5.85. The fourth-order valence-corrected chi connectivity index (χ4v) is 3.23. The molecular weight excluding hydrogens is 316 g/mol. The quantitative estimate of drug-likeness (QED) is 0.795. The predicted octanol–water partition coefficient (Wildman–Crippen LogP) is 2.78. The number of nitrogens with zero attached hydrogens (tertiary/aromatic N) is 2. The van der Waals surface area contributed by atoms with E-state index in [-0.39, 0.29) is 5.56 Å². The van der Waals surface area contributed by atoms with Gasteiger partial charge in [-0.3, -0.25) is 9.36 Å². The van der Waals surface area contributed by atoms with E-state index in [1.807, 2.05) is 29.6 Å². The van der Waals surface area contributed by atoms with Gasteiger partial charge in [-0.05, 0) is 24.6 Å². The van der Waals surface area contributed by atoms with Crippen LogP contribution in [0.4, 0.5) is 0 Å². The Morgan fingerprint density at radius 2 is 2.04 bits per heavy atom. The molecule has 1 aromatic carbocycles. The van der Waals surface area contributed by atoms with Gasteiger partial charge in [-0.25, -0.2) is 9.78 Å². The zero-order valence-corrected chi connectivity index (χ0v) is 13.3. The molecule has 1 unspecified atom stereocenters. The van der Waals surface area contributed by atoms with Crippen LogP contribution < -0.4 is 10.3 Å². The average molecular weight is 330 g/mol. The number of aliphatic carboxylic acids is 1. The first kappa shape index (κ1) is 15.2.